The third-order valence-electron chi connectivity index (χ3n) is 5.29. The molecule has 1 heterocycles. The summed E-state index contributed by atoms with van der Waals surface area (Å²) in [6, 6.07) is 14.7. The molecule has 170 valence electrons. The van der Waals surface area contributed by atoms with Gasteiger partial charge in [0.15, 0.2) is 0 Å². The van der Waals surface area contributed by atoms with Gasteiger partial charge in [-0.25, -0.2) is 22.2 Å². The van der Waals surface area contributed by atoms with Crippen molar-refractivity contribution in [2.24, 2.45) is 0 Å². The van der Waals surface area contributed by atoms with Crippen LogP contribution in [0.5, 0.6) is 0 Å². The number of nitrogens with zero attached hydrogens (tertiary/aromatic N) is 3. The summed E-state index contributed by atoms with van der Waals surface area (Å²) >= 11 is 5.93. The second-order valence-electron chi connectivity index (χ2n) is 7.46. The zero-order valence-electron chi connectivity index (χ0n) is 17.6. The Morgan fingerprint density at radius 2 is 1.79 bits per heavy atom. The van der Waals surface area contributed by atoms with Gasteiger partial charge >= 0.3 is 0 Å². The minimum absolute atomic E-state index is 0.0884. The molecule has 0 unspecified atom stereocenters. The number of halogens is 3. The van der Waals surface area contributed by atoms with E-state index in [-0.39, 0.29) is 10.6 Å². The van der Waals surface area contributed by atoms with Gasteiger partial charge in [0.05, 0.1) is 23.0 Å². The quantitative estimate of drug-likeness (QED) is 0.330. The Morgan fingerprint density at radius 3 is 2.48 bits per heavy atom. The third-order valence-corrected chi connectivity index (χ3v) is 7.44. The molecule has 0 saturated heterocycles. The van der Waals surface area contributed by atoms with Crippen LogP contribution in [0, 0.1) is 11.6 Å². The first kappa shape index (κ1) is 22.9. The van der Waals surface area contributed by atoms with Crippen LogP contribution in [0.1, 0.15) is 24.1 Å². The largest absolute Gasteiger partial charge is 0.333 e. The summed E-state index contributed by atoms with van der Waals surface area (Å²) in [6.45, 7) is 2.07. The Balaban J connectivity index is 1.87. The average Bonchev–Trinajstić information content (AvgIpc) is 3.30. The van der Waals surface area contributed by atoms with Crippen LogP contribution in [-0.2, 0) is 16.6 Å². The second kappa shape index (κ2) is 9.33. The lowest BCUT2D eigenvalue weighted by Gasteiger charge is -2.32. The maximum absolute atomic E-state index is 14.9. The smallest absolute Gasteiger partial charge is 0.264 e. The molecular weight excluding hydrogens is 468 g/mol. The van der Waals surface area contributed by atoms with Gasteiger partial charge in [-0.05, 0) is 54.4 Å². The number of aromatic nitrogens is 2. The van der Waals surface area contributed by atoms with Crippen molar-refractivity contribution in [1.29, 1.82) is 0 Å². The Morgan fingerprint density at radius 1 is 1.06 bits per heavy atom. The summed E-state index contributed by atoms with van der Waals surface area (Å²) in [5, 5.41) is 0.358. The van der Waals surface area contributed by atoms with Crippen molar-refractivity contribution in [3.63, 3.8) is 0 Å². The van der Waals surface area contributed by atoms with Crippen molar-refractivity contribution < 1.29 is 17.2 Å². The molecule has 0 amide bonds. The SMILES string of the molecule is C[C@H](c1ccccc1Cn1ccnc1)N(c1cc(F)ccc1F)S(=O)(=O)c1ccc(Cl)cc1. The molecule has 0 spiro atoms. The number of anilines is 1. The van der Waals surface area contributed by atoms with Crippen LogP contribution in [0.3, 0.4) is 0 Å². The summed E-state index contributed by atoms with van der Waals surface area (Å²) in [7, 11) is -4.29. The van der Waals surface area contributed by atoms with Gasteiger partial charge < -0.3 is 4.57 Å². The molecule has 4 rings (SSSR count). The van der Waals surface area contributed by atoms with Crippen LogP contribution in [-0.4, -0.2) is 18.0 Å². The van der Waals surface area contributed by atoms with E-state index < -0.39 is 27.7 Å². The van der Waals surface area contributed by atoms with E-state index >= 15 is 0 Å². The van der Waals surface area contributed by atoms with E-state index in [1.165, 1.54) is 24.3 Å². The normalized spacial score (nSPS) is 12.5. The lowest BCUT2D eigenvalue weighted by molar-refractivity contribution is 0.569. The Kier molecular flexibility index (Phi) is 6.49. The van der Waals surface area contributed by atoms with Gasteiger partial charge in [0.25, 0.3) is 10.0 Å². The molecule has 0 N–H and O–H groups in total. The van der Waals surface area contributed by atoms with Crippen molar-refractivity contribution in [1.82, 2.24) is 9.55 Å². The van der Waals surface area contributed by atoms with Crippen LogP contribution in [0.15, 0.2) is 90.3 Å². The third kappa shape index (κ3) is 4.77. The number of sulfonamides is 1. The molecule has 0 aliphatic rings. The van der Waals surface area contributed by atoms with Crippen molar-refractivity contribution in [2.45, 2.75) is 24.4 Å². The van der Waals surface area contributed by atoms with Crippen molar-refractivity contribution >= 4 is 27.3 Å². The lowest BCUT2D eigenvalue weighted by atomic mass is 10.0. The first-order valence-electron chi connectivity index (χ1n) is 10.1. The minimum atomic E-state index is -4.29. The molecule has 0 radical (unpaired) electrons. The lowest BCUT2D eigenvalue weighted by Crippen LogP contribution is -2.35. The van der Waals surface area contributed by atoms with Crippen LogP contribution >= 0.6 is 11.6 Å². The molecule has 9 heteroatoms. The van der Waals surface area contributed by atoms with Crippen molar-refractivity contribution in [3.8, 4) is 0 Å². The van der Waals surface area contributed by atoms with Crippen LogP contribution in [0.2, 0.25) is 5.02 Å². The molecule has 0 fully saturated rings. The highest BCUT2D eigenvalue weighted by molar-refractivity contribution is 7.92. The fraction of sp³-hybridized carbons (Fsp3) is 0.125. The van der Waals surface area contributed by atoms with Crippen LogP contribution in [0.25, 0.3) is 0 Å². The van der Waals surface area contributed by atoms with Gasteiger partial charge in [-0.2, -0.15) is 0 Å². The summed E-state index contributed by atoms with van der Waals surface area (Å²) in [5.41, 5.74) is 1.08. The topological polar surface area (TPSA) is 55.2 Å². The number of hydrogen-bond acceptors (Lipinski definition) is 3. The molecular formula is C24H20ClF2N3O2S. The highest BCUT2D eigenvalue weighted by Gasteiger charge is 2.33. The molecule has 4 aromatic rings. The van der Waals surface area contributed by atoms with Gasteiger partial charge in [0, 0.05) is 30.0 Å². The summed E-state index contributed by atoms with van der Waals surface area (Å²) in [6.07, 6.45) is 5.08. The van der Waals surface area contributed by atoms with E-state index in [1.54, 1.807) is 37.8 Å². The maximum Gasteiger partial charge on any atom is 0.264 e. The van der Waals surface area contributed by atoms with Gasteiger partial charge in [-0.3, -0.25) is 4.31 Å². The Bertz CT molecular complexity index is 1360. The van der Waals surface area contributed by atoms with Crippen molar-refractivity contribution in [2.75, 3.05) is 4.31 Å². The monoisotopic (exact) mass is 487 g/mol. The van der Waals surface area contributed by atoms with E-state index in [0.29, 0.717) is 17.1 Å². The van der Waals surface area contributed by atoms with Crippen LogP contribution in [0.4, 0.5) is 14.5 Å². The summed E-state index contributed by atoms with van der Waals surface area (Å²) in [5.74, 6) is -1.60. The molecule has 0 aliphatic carbocycles. The molecule has 0 saturated carbocycles. The molecule has 5 nitrogen and oxygen atoms in total. The fourth-order valence-electron chi connectivity index (χ4n) is 3.71. The Labute approximate surface area is 195 Å². The summed E-state index contributed by atoms with van der Waals surface area (Å²) in [4.78, 5) is 3.95. The molecule has 0 aliphatic heterocycles. The van der Waals surface area contributed by atoms with E-state index in [4.69, 9.17) is 11.6 Å². The second-order valence-corrected chi connectivity index (χ2v) is 9.71. The highest BCUT2D eigenvalue weighted by atomic mass is 35.5. The summed E-state index contributed by atoms with van der Waals surface area (Å²) < 4.78 is 59.3. The van der Waals surface area contributed by atoms with E-state index in [0.717, 1.165) is 28.1 Å². The number of benzene rings is 3. The fourth-order valence-corrected chi connectivity index (χ4v) is 5.47. The van der Waals surface area contributed by atoms with Crippen molar-refractivity contribution in [3.05, 3.63) is 113 Å². The van der Waals surface area contributed by atoms with E-state index in [9.17, 15) is 17.2 Å². The number of imidazole rings is 1. The zero-order valence-corrected chi connectivity index (χ0v) is 19.1. The van der Waals surface area contributed by atoms with Crippen LogP contribution < -0.4 is 4.31 Å². The average molecular weight is 488 g/mol. The molecule has 3 aromatic carbocycles. The molecule has 1 atom stereocenters. The van der Waals surface area contributed by atoms with Gasteiger partial charge in [-0.1, -0.05) is 35.9 Å². The first-order chi connectivity index (χ1) is 15.8. The number of rotatable bonds is 7. The molecule has 33 heavy (non-hydrogen) atoms. The van der Waals surface area contributed by atoms with Gasteiger partial charge in [0.1, 0.15) is 11.6 Å². The predicted octanol–water partition coefficient (Wildman–Crippen LogP) is 5.82. The van der Waals surface area contributed by atoms with Gasteiger partial charge in [0.2, 0.25) is 0 Å². The zero-order chi connectivity index (χ0) is 23.6. The van der Waals surface area contributed by atoms with E-state index in [2.05, 4.69) is 4.98 Å². The Hall–Kier alpha value is -3.23. The number of hydrogen-bond donors (Lipinski definition) is 0. The standard InChI is InChI=1S/C24H20ClF2N3O2S/c1-17(22-5-3-2-4-18(22)15-29-13-12-28-16-29)30(24-14-20(26)8-11-23(24)27)33(31,32)21-9-6-19(25)7-10-21/h2-14,16-17H,15H2,1H3/t17-/m1/s1. The molecule has 0 bridgehead atoms. The van der Waals surface area contributed by atoms with Gasteiger partial charge in [-0.15, -0.1) is 0 Å². The minimum Gasteiger partial charge on any atom is -0.333 e. The predicted molar refractivity (Wildman–Crippen MR) is 124 cm³/mol. The maximum atomic E-state index is 14.9. The highest BCUT2D eigenvalue weighted by Crippen LogP contribution is 2.36. The first-order valence-corrected chi connectivity index (χ1v) is 11.9. The van der Waals surface area contributed by atoms with E-state index in [1.807, 2.05) is 16.7 Å². The molecule has 1 aromatic heterocycles.